The molecule has 2 rings (SSSR count). The van der Waals surface area contributed by atoms with E-state index in [-0.39, 0.29) is 5.75 Å². The highest BCUT2D eigenvalue weighted by molar-refractivity contribution is 6.31. The summed E-state index contributed by atoms with van der Waals surface area (Å²) >= 11 is 12.0. The van der Waals surface area contributed by atoms with E-state index in [0.717, 1.165) is 5.57 Å². The van der Waals surface area contributed by atoms with Crippen molar-refractivity contribution in [2.24, 2.45) is 0 Å². The maximum Gasteiger partial charge on any atom is 0.336 e. The number of hydrogen-bond donors (Lipinski definition) is 1. The first-order valence-electron chi connectivity index (χ1n) is 6.97. The van der Waals surface area contributed by atoms with Gasteiger partial charge in [0.2, 0.25) is 0 Å². The second kappa shape index (κ2) is 7.53. The molecule has 3 nitrogen and oxygen atoms in total. The quantitative estimate of drug-likeness (QED) is 0.470. The molecule has 120 valence electrons. The number of halogens is 2. The number of ether oxygens (including phenoxy) is 1. The van der Waals surface area contributed by atoms with Gasteiger partial charge in [-0.05, 0) is 55.8 Å². The fraction of sp³-hybridized carbons (Fsp3) is 0.167. The summed E-state index contributed by atoms with van der Waals surface area (Å²) < 4.78 is 5.37. The highest BCUT2D eigenvalue weighted by atomic mass is 35.5. The van der Waals surface area contributed by atoms with E-state index < -0.39 is 5.97 Å². The van der Waals surface area contributed by atoms with Gasteiger partial charge in [-0.2, -0.15) is 0 Å². The van der Waals surface area contributed by atoms with Gasteiger partial charge in [-0.25, -0.2) is 4.79 Å². The van der Waals surface area contributed by atoms with Crippen molar-refractivity contribution < 1.29 is 14.6 Å². The van der Waals surface area contributed by atoms with Gasteiger partial charge in [0.05, 0.1) is 0 Å². The molecule has 0 radical (unpaired) electrons. The van der Waals surface area contributed by atoms with Crippen LogP contribution in [0, 0.1) is 0 Å². The molecule has 0 atom stereocenters. The fourth-order valence-electron chi connectivity index (χ4n) is 2.06. The van der Waals surface area contributed by atoms with E-state index in [4.69, 9.17) is 27.9 Å². The van der Waals surface area contributed by atoms with Crippen LogP contribution in [0.15, 0.2) is 48.0 Å². The van der Waals surface area contributed by atoms with E-state index in [1.165, 1.54) is 12.1 Å². The van der Waals surface area contributed by atoms with Crippen molar-refractivity contribution in [3.8, 4) is 11.5 Å². The SMILES string of the molecule is CC(C)=CC(=O)Oc1ccc(Cl)cc1Cc1cc(Cl)ccc1O. The van der Waals surface area contributed by atoms with Crippen LogP contribution in [0.25, 0.3) is 0 Å². The van der Waals surface area contributed by atoms with Gasteiger partial charge < -0.3 is 9.84 Å². The number of benzene rings is 2. The summed E-state index contributed by atoms with van der Waals surface area (Å²) in [6, 6.07) is 9.78. The Balaban J connectivity index is 2.34. The number of aromatic hydroxyl groups is 1. The van der Waals surface area contributed by atoms with Crippen LogP contribution in [0.2, 0.25) is 10.0 Å². The molecule has 0 aromatic heterocycles. The average molecular weight is 351 g/mol. The van der Waals surface area contributed by atoms with Crippen molar-refractivity contribution in [3.63, 3.8) is 0 Å². The standard InChI is InChI=1S/C18H16Cl2O3/c1-11(2)7-18(22)23-17-6-4-15(20)10-13(17)8-12-9-14(19)3-5-16(12)21/h3-7,9-10,21H,8H2,1-2H3. The van der Waals surface area contributed by atoms with Crippen LogP contribution < -0.4 is 4.74 Å². The third kappa shape index (κ3) is 5.02. The minimum atomic E-state index is -0.455. The van der Waals surface area contributed by atoms with E-state index in [0.29, 0.717) is 33.3 Å². The Labute approximate surface area is 145 Å². The van der Waals surface area contributed by atoms with E-state index in [9.17, 15) is 9.90 Å². The molecule has 0 aliphatic heterocycles. The molecule has 0 spiro atoms. The number of esters is 1. The van der Waals surface area contributed by atoms with Gasteiger partial charge in [0, 0.05) is 28.1 Å². The summed E-state index contributed by atoms with van der Waals surface area (Å²) in [5.74, 6) is 0.0658. The van der Waals surface area contributed by atoms with Crippen LogP contribution in [0.4, 0.5) is 0 Å². The lowest BCUT2D eigenvalue weighted by Crippen LogP contribution is -2.07. The molecule has 0 saturated carbocycles. The molecule has 0 saturated heterocycles. The second-order valence-corrected chi connectivity index (χ2v) is 6.22. The van der Waals surface area contributed by atoms with Crippen LogP contribution in [-0.2, 0) is 11.2 Å². The summed E-state index contributed by atoms with van der Waals surface area (Å²) in [7, 11) is 0. The van der Waals surface area contributed by atoms with E-state index in [1.54, 1.807) is 30.3 Å². The monoisotopic (exact) mass is 350 g/mol. The molecule has 0 heterocycles. The van der Waals surface area contributed by atoms with Crippen molar-refractivity contribution in [2.45, 2.75) is 20.3 Å². The Morgan fingerprint density at radius 2 is 1.70 bits per heavy atom. The van der Waals surface area contributed by atoms with Gasteiger partial charge in [-0.3, -0.25) is 0 Å². The molecule has 0 bridgehead atoms. The maximum atomic E-state index is 11.8. The molecule has 2 aromatic carbocycles. The Bertz CT molecular complexity index is 763. The number of carbonyl (C=O) groups excluding carboxylic acids is 1. The summed E-state index contributed by atoms with van der Waals surface area (Å²) in [5.41, 5.74) is 2.16. The predicted octanol–water partition coefficient (Wildman–Crippen LogP) is 5.16. The number of carbonyl (C=O) groups is 1. The number of phenols is 1. The van der Waals surface area contributed by atoms with Crippen LogP contribution in [-0.4, -0.2) is 11.1 Å². The molecule has 1 N–H and O–H groups in total. The molecule has 2 aromatic rings. The van der Waals surface area contributed by atoms with Crippen LogP contribution in [0.3, 0.4) is 0 Å². The minimum absolute atomic E-state index is 0.121. The van der Waals surface area contributed by atoms with Crippen molar-refractivity contribution in [1.29, 1.82) is 0 Å². The average Bonchev–Trinajstić information content (AvgIpc) is 2.45. The zero-order valence-electron chi connectivity index (χ0n) is 12.8. The second-order valence-electron chi connectivity index (χ2n) is 5.34. The largest absolute Gasteiger partial charge is 0.508 e. The molecular weight excluding hydrogens is 335 g/mol. The van der Waals surface area contributed by atoms with Gasteiger partial charge in [-0.15, -0.1) is 0 Å². The lowest BCUT2D eigenvalue weighted by Gasteiger charge is -2.11. The van der Waals surface area contributed by atoms with Gasteiger partial charge in [-0.1, -0.05) is 28.8 Å². The Hall–Kier alpha value is -1.97. The lowest BCUT2D eigenvalue weighted by molar-refractivity contribution is -0.129. The molecule has 0 unspecified atom stereocenters. The van der Waals surface area contributed by atoms with Crippen molar-refractivity contribution in [1.82, 2.24) is 0 Å². The third-order valence-electron chi connectivity index (χ3n) is 3.06. The molecule has 23 heavy (non-hydrogen) atoms. The first kappa shape index (κ1) is 17.4. The summed E-state index contributed by atoms with van der Waals surface area (Å²) in [5, 5.41) is 11.0. The first-order valence-corrected chi connectivity index (χ1v) is 7.73. The number of phenolic OH excluding ortho intramolecular Hbond substituents is 1. The molecule has 0 fully saturated rings. The molecule has 0 aliphatic carbocycles. The lowest BCUT2D eigenvalue weighted by atomic mass is 10.0. The van der Waals surface area contributed by atoms with Gasteiger partial charge in [0.15, 0.2) is 0 Å². The topological polar surface area (TPSA) is 46.5 Å². The Kier molecular flexibility index (Phi) is 5.69. The first-order chi connectivity index (χ1) is 10.8. The number of allylic oxidation sites excluding steroid dienone is 1. The summed E-state index contributed by atoms with van der Waals surface area (Å²) in [6.45, 7) is 3.63. The zero-order valence-corrected chi connectivity index (χ0v) is 14.3. The van der Waals surface area contributed by atoms with Crippen LogP contribution >= 0.6 is 23.2 Å². The van der Waals surface area contributed by atoms with E-state index in [2.05, 4.69) is 0 Å². The zero-order chi connectivity index (χ0) is 17.0. The maximum absolute atomic E-state index is 11.8. The molecular formula is C18H16Cl2O3. The van der Waals surface area contributed by atoms with Crippen molar-refractivity contribution in [3.05, 3.63) is 69.2 Å². The smallest absolute Gasteiger partial charge is 0.336 e. The Morgan fingerprint density at radius 1 is 1.09 bits per heavy atom. The van der Waals surface area contributed by atoms with Gasteiger partial charge in [0.25, 0.3) is 0 Å². The van der Waals surface area contributed by atoms with E-state index >= 15 is 0 Å². The predicted molar refractivity (Wildman–Crippen MR) is 92.4 cm³/mol. The summed E-state index contributed by atoms with van der Waals surface area (Å²) in [6.07, 6.45) is 1.75. The third-order valence-corrected chi connectivity index (χ3v) is 3.53. The molecule has 5 heteroatoms. The normalized spacial score (nSPS) is 10.3. The molecule has 0 aliphatic rings. The van der Waals surface area contributed by atoms with Gasteiger partial charge >= 0.3 is 5.97 Å². The van der Waals surface area contributed by atoms with Gasteiger partial charge in [0.1, 0.15) is 11.5 Å². The Morgan fingerprint density at radius 3 is 2.35 bits per heavy atom. The van der Waals surface area contributed by atoms with Crippen molar-refractivity contribution >= 4 is 29.2 Å². The van der Waals surface area contributed by atoms with E-state index in [1.807, 2.05) is 13.8 Å². The summed E-state index contributed by atoms with van der Waals surface area (Å²) in [4.78, 5) is 11.8. The highest BCUT2D eigenvalue weighted by Crippen LogP contribution is 2.30. The number of rotatable bonds is 4. The van der Waals surface area contributed by atoms with Crippen LogP contribution in [0.1, 0.15) is 25.0 Å². The minimum Gasteiger partial charge on any atom is -0.508 e. The van der Waals surface area contributed by atoms with Crippen LogP contribution in [0.5, 0.6) is 11.5 Å². The highest BCUT2D eigenvalue weighted by Gasteiger charge is 2.12. The number of hydrogen-bond acceptors (Lipinski definition) is 3. The molecule has 0 amide bonds. The van der Waals surface area contributed by atoms with Crippen molar-refractivity contribution in [2.75, 3.05) is 0 Å². The fourth-order valence-corrected chi connectivity index (χ4v) is 2.45.